The van der Waals surface area contributed by atoms with Crippen LogP contribution in [0.15, 0.2) is 190 Å². The Hall–Kier alpha value is -5.90. The van der Waals surface area contributed by atoms with Gasteiger partial charge in [-0.1, -0.05) is 115 Å². The normalized spacial score (nSPS) is 15.9. The Morgan fingerprint density at radius 2 is 0.871 bits per heavy atom. The van der Waals surface area contributed by atoms with E-state index >= 15 is 0 Å². The van der Waals surface area contributed by atoms with Crippen LogP contribution in [0, 0.1) is 0 Å². The standard InChI is InChI=1S/C54H50N4O2S2/c1-57(39-14-5-3-6-15-39)55-33-37-24-26-49-51(28-37)45-20-9-11-22-47(45)53(49)30-41(59)35-61-43-18-13-19-44(32-43)62-36-42(60)31-54-48-23-12-10-21-46(48)52-29-38(25-27-50(52)54)34-56-58(2)40-16-7-4-8-17-40/h3-29,32-34,41-42,53-54,59-60H,30-31,35-36H2,1-2H3/b55-33+,56-34+. The Morgan fingerprint density at radius 3 is 1.32 bits per heavy atom. The first kappa shape index (κ1) is 41.5. The average molecular weight is 851 g/mol. The van der Waals surface area contributed by atoms with Crippen LogP contribution in [0.4, 0.5) is 11.4 Å². The van der Waals surface area contributed by atoms with Crippen LogP contribution in [0.1, 0.15) is 58.1 Å². The second kappa shape index (κ2) is 19.0. The molecular formula is C54H50N4O2S2. The average Bonchev–Trinajstić information content (AvgIpc) is 3.80. The summed E-state index contributed by atoms with van der Waals surface area (Å²) < 4.78 is 0. The predicted molar refractivity (Wildman–Crippen MR) is 261 cm³/mol. The van der Waals surface area contributed by atoms with Crippen molar-refractivity contribution in [1.29, 1.82) is 0 Å². The Labute approximate surface area is 373 Å². The van der Waals surface area contributed by atoms with Crippen LogP contribution in [-0.2, 0) is 0 Å². The van der Waals surface area contributed by atoms with Crippen LogP contribution >= 0.6 is 23.5 Å². The molecule has 6 nitrogen and oxygen atoms in total. The maximum Gasteiger partial charge on any atom is 0.0643 e. The van der Waals surface area contributed by atoms with Gasteiger partial charge in [0, 0.05) is 47.2 Å². The Bertz CT molecular complexity index is 2520. The van der Waals surface area contributed by atoms with Gasteiger partial charge in [0.1, 0.15) is 0 Å². The molecule has 0 amide bonds. The number of benzene rings is 7. The first-order chi connectivity index (χ1) is 30.4. The highest BCUT2D eigenvalue weighted by Gasteiger charge is 2.31. The molecule has 0 bridgehead atoms. The Morgan fingerprint density at radius 1 is 0.468 bits per heavy atom. The summed E-state index contributed by atoms with van der Waals surface area (Å²) in [6.45, 7) is 0. The number of rotatable bonds is 16. The first-order valence-corrected chi connectivity index (χ1v) is 23.2. The van der Waals surface area contributed by atoms with E-state index < -0.39 is 12.2 Å². The maximum atomic E-state index is 11.5. The summed E-state index contributed by atoms with van der Waals surface area (Å²) in [5.41, 5.74) is 14.1. The molecular weight excluding hydrogens is 801 g/mol. The van der Waals surface area contributed by atoms with Gasteiger partial charge in [-0.2, -0.15) is 10.2 Å². The third-order valence-electron chi connectivity index (χ3n) is 11.9. The van der Waals surface area contributed by atoms with E-state index in [0.717, 1.165) is 32.3 Å². The largest absolute Gasteiger partial charge is 0.392 e. The third kappa shape index (κ3) is 9.30. The zero-order chi connectivity index (χ0) is 42.4. The minimum atomic E-state index is -0.487. The molecule has 0 saturated carbocycles. The van der Waals surface area contributed by atoms with E-state index in [1.165, 1.54) is 44.5 Å². The molecule has 0 saturated heterocycles. The highest BCUT2D eigenvalue weighted by atomic mass is 32.2. The van der Waals surface area contributed by atoms with Crippen molar-refractivity contribution < 1.29 is 10.2 Å². The van der Waals surface area contributed by atoms with Crippen LogP contribution in [0.5, 0.6) is 0 Å². The number of hydrogen-bond acceptors (Lipinski definition) is 8. The van der Waals surface area contributed by atoms with Gasteiger partial charge in [0.2, 0.25) is 0 Å². The minimum Gasteiger partial charge on any atom is -0.392 e. The molecule has 7 aromatic carbocycles. The van der Waals surface area contributed by atoms with E-state index in [2.05, 4.69) is 109 Å². The van der Waals surface area contributed by atoms with Crippen molar-refractivity contribution in [3.8, 4) is 22.3 Å². The molecule has 310 valence electrons. The van der Waals surface area contributed by atoms with Crippen molar-refractivity contribution in [2.45, 2.75) is 46.7 Å². The molecule has 0 heterocycles. The zero-order valence-corrected chi connectivity index (χ0v) is 36.6. The summed E-state index contributed by atoms with van der Waals surface area (Å²) in [6, 6.07) is 59.0. The fourth-order valence-corrected chi connectivity index (χ4v) is 10.7. The van der Waals surface area contributed by atoms with Crippen molar-refractivity contribution in [2.75, 3.05) is 35.6 Å². The SMILES string of the molecule is CN(/N=C/c1ccc2c(c1)-c1ccccc1C2CC(O)CSc1cccc(SCC(O)CC2c3ccccc3-c3cc(/C=N/N(C)c4ccccc4)ccc32)c1)c1ccccc1. The lowest BCUT2D eigenvalue weighted by Gasteiger charge is -2.19. The number of nitrogens with zero attached hydrogens (tertiary/aromatic N) is 4. The van der Waals surface area contributed by atoms with E-state index in [1.807, 2.05) is 97.2 Å². The summed E-state index contributed by atoms with van der Waals surface area (Å²) >= 11 is 3.38. The zero-order valence-electron chi connectivity index (χ0n) is 35.0. The second-order valence-electron chi connectivity index (χ2n) is 16.1. The van der Waals surface area contributed by atoms with E-state index in [9.17, 15) is 10.2 Å². The van der Waals surface area contributed by atoms with Crippen LogP contribution in [0.3, 0.4) is 0 Å². The number of thioether (sulfide) groups is 2. The van der Waals surface area contributed by atoms with Gasteiger partial charge >= 0.3 is 0 Å². The number of fused-ring (bicyclic) bond motifs is 6. The van der Waals surface area contributed by atoms with Gasteiger partial charge in [-0.15, -0.1) is 23.5 Å². The Balaban J connectivity index is 0.801. The summed E-state index contributed by atoms with van der Waals surface area (Å²) in [5, 5.41) is 36.1. The molecule has 7 aromatic rings. The van der Waals surface area contributed by atoms with Crippen molar-refractivity contribution in [3.05, 3.63) is 203 Å². The lowest BCUT2D eigenvalue weighted by Crippen LogP contribution is -2.15. The van der Waals surface area contributed by atoms with Crippen molar-refractivity contribution >= 4 is 47.3 Å². The molecule has 2 aliphatic carbocycles. The van der Waals surface area contributed by atoms with Crippen molar-refractivity contribution in [3.63, 3.8) is 0 Å². The molecule has 0 aromatic heterocycles. The lowest BCUT2D eigenvalue weighted by atomic mass is 9.91. The second-order valence-corrected chi connectivity index (χ2v) is 18.2. The number of hydrogen-bond donors (Lipinski definition) is 2. The van der Waals surface area contributed by atoms with Crippen LogP contribution in [-0.4, -0.2) is 60.5 Å². The molecule has 2 N–H and O–H groups in total. The first-order valence-electron chi connectivity index (χ1n) is 21.2. The molecule has 0 fully saturated rings. The van der Waals surface area contributed by atoms with Crippen LogP contribution in [0.2, 0.25) is 0 Å². The minimum absolute atomic E-state index is 0.125. The quantitative estimate of drug-likeness (QED) is 0.0573. The monoisotopic (exact) mass is 850 g/mol. The fraction of sp³-hybridized carbons (Fsp3) is 0.185. The summed E-state index contributed by atoms with van der Waals surface area (Å²) in [4.78, 5) is 2.24. The maximum absolute atomic E-state index is 11.5. The number of hydrazone groups is 2. The number of anilines is 2. The molecule has 8 heteroatoms. The van der Waals surface area contributed by atoms with Gasteiger partial charge < -0.3 is 10.2 Å². The molecule has 4 atom stereocenters. The molecule has 4 unspecified atom stereocenters. The predicted octanol–water partition coefficient (Wildman–Crippen LogP) is 11.9. The van der Waals surface area contributed by atoms with Gasteiger partial charge in [-0.05, 0) is 123 Å². The fourth-order valence-electron chi connectivity index (χ4n) is 8.76. The van der Waals surface area contributed by atoms with Crippen molar-refractivity contribution in [1.82, 2.24) is 0 Å². The van der Waals surface area contributed by atoms with Crippen molar-refractivity contribution in [2.24, 2.45) is 10.2 Å². The summed E-state index contributed by atoms with van der Waals surface area (Å²) in [6.07, 6.45) is 4.15. The molecule has 9 rings (SSSR count). The molecule has 0 aliphatic heterocycles. The van der Waals surface area contributed by atoms with Crippen LogP contribution in [0.25, 0.3) is 22.3 Å². The number of aliphatic hydroxyl groups excluding tert-OH is 2. The molecule has 62 heavy (non-hydrogen) atoms. The number of para-hydroxylation sites is 2. The summed E-state index contributed by atoms with van der Waals surface area (Å²) in [5.74, 6) is 1.44. The molecule has 0 spiro atoms. The van der Waals surface area contributed by atoms with E-state index in [0.29, 0.717) is 24.3 Å². The van der Waals surface area contributed by atoms with Gasteiger partial charge in [0.25, 0.3) is 0 Å². The number of aliphatic hydroxyl groups is 2. The van der Waals surface area contributed by atoms with Gasteiger partial charge in [-0.25, -0.2) is 0 Å². The highest BCUT2D eigenvalue weighted by molar-refractivity contribution is 8.00. The highest BCUT2D eigenvalue weighted by Crippen LogP contribution is 2.49. The molecule has 2 aliphatic rings. The topological polar surface area (TPSA) is 71.7 Å². The van der Waals surface area contributed by atoms with Gasteiger partial charge in [0.05, 0.1) is 36.0 Å². The molecule has 0 radical (unpaired) electrons. The smallest absolute Gasteiger partial charge is 0.0643 e. The lowest BCUT2D eigenvalue weighted by molar-refractivity contribution is 0.183. The van der Waals surface area contributed by atoms with Crippen LogP contribution < -0.4 is 10.0 Å². The van der Waals surface area contributed by atoms with E-state index in [1.54, 1.807) is 23.5 Å². The van der Waals surface area contributed by atoms with E-state index in [4.69, 9.17) is 10.2 Å². The van der Waals surface area contributed by atoms with Gasteiger partial charge in [-0.3, -0.25) is 10.0 Å². The van der Waals surface area contributed by atoms with Gasteiger partial charge in [0.15, 0.2) is 0 Å². The third-order valence-corrected chi connectivity index (χ3v) is 14.2. The Kier molecular flexibility index (Phi) is 12.7. The summed E-state index contributed by atoms with van der Waals surface area (Å²) in [7, 11) is 3.92. The van der Waals surface area contributed by atoms with E-state index in [-0.39, 0.29) is 11.8 Å².